The van der Waals surface area contributed by atoms with Crippen molar-refractivity contribution >= 4 is 38.3 Å². The van der Waals surface area contributed by atoms with Gasteiger partial charge in [0.15, 0.2) is 6.19 Å². The van der Waals surface area contributed by atoms with Crippen LogP contribution in [0.25, 0.3) is 0 Å². The highest BCUT2D eigenvalue weighted by Gasteiger charge is 2.28. The summed E-state index contributed by atoms with van der Waals surface area (Å²) in [5, 5.41) is 21.6. The van der Waals surface area contributed by atoms with E-state index in [1.54, 1.807) is 35.2 Å². The number of halogens is 1. The molecule has 0 unspecified atom stereocenters. The van der Waals surface area contributed by atoms with Crippen LogP contribution in [0, 0.1) is 15.0 Å². The number of sulfonamides is 1. The molecule has 1 atom stereocenters. The van der Waals surface area contributed by atoms with E-state index in [4.69, 9.17) is 5.26 Å². The predicted molar refractivity (Wildman–Crippen MR) is 111 cm³/mol. The van der Waals surface area contributed by atoms with Crippen molar-refractivity contribution in [3.05, 3.63) is 51.6 Å². The van der Waals surface area contributed by atoms with Crippen LogP contribution in [-0.2, 0) is 16.6 Å². The van der Waals surface area contributed by atoms with Gasteiger partial charge in [-0.1, -0.05) is 12.1 Å². The molecule has 0 spiro atoms. The number of benzene rings is 2. The Hall–Kier alpha value is -2.03. The molecule has 3 rings (SSSR count). The molecule has 7 nitrogen and oxygen atoms in total. The fourth-order valence-corrected chi connectivity index (χ4v) is 5.49. The highest BCUT2D eigenvalue weighted by Crippen LogP contribution is 2.24. The van der Waals surface area contributed by atoms with Crippen LogP contribution in [0.4, 0.5) is 5.69 Å². The molecule has 1 fully saturated rings. The largest absolute Gasteiger partial charge is 0.508 e. The van der Waals surface area contributed by atoms with Crippen LogP contribution in [0.15, 0.2) is 47.4 Å². The molecule has 0 saturated carbocycles. The topological polar surface area (TPSA) is 105 Å². The zero-order chi connectivity index (χ0) is 19.4. The number of hydrogen-bond acceptors (Lipinski definition) is 6. The maximum Gasteiger partial charge on any atom is 0.242 e. The second-order valence-corrected chi connectivity index (χ2v) is 9.17. The van der Waals surface area contributed by atoms with Gasteiger partial charge in [-0.3, -0.25) is 0 Å². The first kappa shape index (κ1) is 19.7. The molecule has 0 bridgehead atoms. The van der Waals surface area contributed by atoms with Gasteiger partial charge in [-0.2, -0.15) is 5.26 Å². The third-order valence-corrected chi connectivity index (χ3v) is 7.15. The van der Waals surface area contributed by atoms with E-state index in [-0.39, 0.29) is 16.7 Å². The van der Waals surface area contributed by atoms with E-state index in [9.17, 15) is 13.5 Å². The molecule has 0 amide bonds. The van der Waals surface area contributed by atoms with Crippen LogP contribution in [0.2, 0.25) is 0 Å². The molecule has 1 saturated heterocycles. The molecule has 0 aromatic heterocycles. The van der Waals surface area contributed by atoms with Gasteiger partial charge in [-0.05, 0) is 64.9 Å². The minimum absolute atomic E-state index is 0.187. The number of phenolic OH excluding ortho intramolecular Hbond substituents is 1. The molecule has 1 aliphatic rings. The van der Waals surface area contributed by atoms with Gasteiger partial charge >= 0.3 is 0 Å². The first-order valence-electron chi connectivity index (χ1n) is 8.36. The number of aromatic hydroxyl groups is 1. The monoisotopic (exact) mass is 498 g/mol. The van der Waals surface area contributed by atoms with E-state index in [2.05, 4.69) is 10.0 Å². The average molecular weight is 498 g/mol. The summed E-state index contributed by atoms with van der Waals surface area (Å²) < 4.78 is 28.9. The first-order chi connectivity index (χ1) is 12.9. The highest BCUT2D eigenvalue weighted by molar-refractivity contribution is 14.1. The van der Waals surface area contributed by atoms with Gasteiger partial charge in [0.05, 0.1) is 4.90 Å². The van der Waals surface area contributed by atoms with Gasteiger partial charge in [0, 0.05) is 34.9 Å². The lowest BCUT2D eigenvalue weighted by atomic mass is 10.2. The van der Waals surface area contributed by atoms with Crippen molar-refractivity contribution in [3.8, 4) is 11.9 Å². The van der Waals surface area contributed by atoms with Crippen LogP contribution in [-0.4, -0.2) is 37.6 Å². The summed E-state index contributed by atoms with van der Waals surface area (Å²) in [7, 11) is -3.69. The van der Waals surface area contributed by atoms with E-state index in [1.165, 1.54) is 0 Å². The summed E-state index contributed by atoms with van der Waals surface area (Å²) in [6, 6.07) is 11.8. The third kappa shape index (κ3) is 5.03. The molecule has 0 aliphatic carbocycles. The summed E-state index contributed by atoms with van der Waals surface area (Å²) in [5.41, 5.74) is 1.56. The van der Waals surface area contributed by atoms with Crippen molar-refractivity contribution in [3.63, 3.8) is 0 Å². The third-order valence-electron chi connectivity index (χ3n) is 4.28. The lowest BCUT2D eigenvalue weighted by molar-refractivity contribution is 0.470. The van der Waals surface area contributed by atoms with Gasteiger partial charge < -0.3 is 15.3 Å². The summed E-state index contributed by atoms with van der Waals surface area (Å²) >= 11 is 2.00. The number of hydrogen-bond donors (Lipinski definition) is 3. The second kappa shape index (κ2) is 8.33. The number of nitriles is 1. The van der Waals surface area contributed by atoms with Gasteiger partial charge in [0.25, 0.3) is 0 Å². The molecule has 2 aromatic carbocycles. The minimum atomic E-state index is -3.69. The van der Waals surface area contributed by atoms with Crippen molar-refractivity contribution in [2.75, 3.05) is 18.4 Å². The maximum atomic E-state index is 12.8. The van der Waals surface area contributed by atoms with Crippen LogP contribution in [0.5, 0.6) is 5.75 Å². The van der Waals surface area contributed by atoms with E-state index in [0.29, 0.717) is 35.3 Å². The summed E-state index contributed by atoms with van der Waals surface area (Å²) in [5.74, 6) is 0.187. The van der Waals surface area contributed by atoms with E-state index in [1.807, 2.05) is 40.9 Å². The first-order valence-corrected chi connectivity index (χ1v) is 10.9. The smallest absolute Gasteiger partial charge is 0.242 e. The number of nitrogens with one attached hydrogen (secondary N) is 2. The van der Waals surface area contributed by atoms with Crippen molar-refractivity contribution in [1.29, 1.82) is 5.26 Å². The van der Waals surface area contributed by atoms with Crippen molar-refractivity contribution < 1.29 is 13.5 Å². The van der Waals surface area contributed by atoms with Crippen molar-refractivity contribution in [2.45, 2.75) is 23.9 Å². The van der Waals surface area contributed by atoms with Crippen LogP contribution in [0.1, 0.15) is 12.0 Å². The highest BCUT2D eigenvalue weighted by atomic mass is 127. The van der Waals surface area contributed by atoms with Crippen LogP contribution < -0.4 is 10.0 Å². The molecule has 142 valence electrons. The summed E-state index contributed by atoms with van der Waals surface area (Å²) in [6.45, 7) is 1.41. The maximum absolute atomic E-state index is 12.8. The SMILES string of the molecule is N#CN1CC[C@@H](NS(=O)(=O)c2cc(NCc3cccc(O)c3)ccc2I)C1. The fraction of sp³-hybridized carbons (Fsp3) is 0.278. The number of anilines is 1. The van der Waals surface area contributed by atoms with Gasteiger partial charge in [-0.15, -0.1) is 0 Å². The van der Waals surface area contributed by atoms with E-state index >= 15 is 0 Å². The molecule has 27 heavy (non-hydrogen) atoms. The number of phenols is 1. The Labute approximate surface area is 172 Å². The number of nitrogens with zero attached hydrogens (tertiary/aromatic N) is 2. The second-order valence-electron chi connectivity index (χ2n) is 6.32. The predicted octanol–water partition coefficient (Wildman–Crippen LogP) is 2.44. The van der Waals surface area contributed by atoms with Crippen molar-refractivity contribution in [1.82, 2.24) is 9.62 Å². The molecular formula is C18H19IN4O3S. The zero-order valence-electron chi connectivity index (χ0n) is 14.4. The Bertz CT molecular complexity index is 975. The molecule has 2 aromatic rings. The Morgan fingerprint density at radius 2 is 2.11 bits per heavy atom. The summed E-state index contributed by atoms with van der Waals surface area (Å²) in [4.78, 5) is 1.75. The van der Waals surface area contributed by atoms with Crippen molar-refractivity contribution in [2.24, 2.45) is 0 Å². The Balaban J connectivity index is 1.73. The Morgan fingerprint density at radius 1 is 1.30 bits per heavy atom. The molecule has 1 aliphatic heterocycles. The molecular weight excluding hydrogens is 479 g/mol. The molecule has 3 N–H and O–H groups in total. The quantitative estimate of drug-likeness (QED) is 0.418. The number of likely N-dealkylation sites (tertiary alicyclic amines) is 1. The zero-order valence-corrected chi connectivity index (χ0v) is 17.4. The van der Waals surface area contributed by atoms with Gasteiger partial charge in [0.2, 0.25) is 10.0 Å². The lowest BCUT2D eigenvalue weighted by Crippen LogP contribution is -2.36. The van der Waals surface area contributed by atoms with Crippen LogP contribution in [0.3, 0.4) is 0 Å². The van der Waals surface area contributed by atoms with E-state index < -0.39 is 10.0 Å². The van der Waals surface area contributed by atoms with Gasteiger partial charge in [0.1, 0.15) is 5.75 Å². The number of rotatable bonds is 6. The average Bonchev–Trinajstić information content (AvgIpc) is 3.08. The Kier molecular flexibility index (Phi) is 6.08. The van der Waals surface area contributed by atoms with Gasteiger partial charge in [-0.25, -0.2) is 13.1 Å². The molecule has 9 heteroatoms. The fourth-order valence-electron chi connectivity index (χ4n) is 2.92. The van der Waals surface area contributed by atoms with Crippen LogP contribution >= 0.6 is 22.6 Å². The van der Waals surface area contributed by atoms with E-state index in [0.717, 1.165) is 5.56 Å². The minimum Gasteiger partial charge on any atom is -0.508 e. The lowest BCUT2D eigenvalue weighted by Gasteiger charge is -2.15. The normalized spacial score (nSPS) is 16.9. The standard InChI is InChI=1S/C18H19IN4O3S/c19-17-5-4-14(21-10-13-2-1-3-16(24)8-13)9-18(17)27(25,26)22-15-6-7-23(11-15)12-20/h1-5,8-9,15,21-22,24H,6-7,10-11H2/t15-/m1/s1. The molecule has 1 heterocycles. The molecule has 0 radical (unpaired) electrons. The Morgan fingerprint density at radius 3 is 2.81 bits per heavy atom. The summed E-state index contributed by atoms with van der Waals surface area (Å²) in [6.07, 6.45) is 2.66.